The molecule has 3 rings (SSSR count). The number of amides is 2. The molecule has 0 radical (unpaired) electrons. The van der Waals surface area contributed by atoms with Crippen LogP contribution in [0, 0.1) is 0 Å². The summed E-state index contributed by atoms with van der Waals surface area (Å²) in [7, 11) is 1.66. The Morgan fingerprint density at radius 3 is 2.64 bits per heavy atom. The van der Waals surface area contributed by atoms with E-state index in [9.17, 15) is 9.59 Å². The van der Waals surface area contributed by atoms with Gasteiger partial charge in [-0.25, -0.2) is 4.79 Å². The maximum absolute atomic E-state index is 12.4. The van der Waals surface area contributed by atoms with Gasteiger partial charge in [-0.15, -0.1) is 0 Å². The van der Waals surface area contributed by atoms with Crippen LogP contribution in [-0.4, -0.2) is 23.0 Å². The van der Waals surface area contributed by atoms with Crippen LogP contribution in [0.25, 0.3) is 10.9 Å². The monoisotopic (exact) mass is 375 g/mol. The first-order valence-electron chi connectivity index (χ1n) is 7.52. The lowest BCUT2D eigenvalue weighted by molar-refractivity contribution is 0.221. The summed E-state index contributed by atoms with van der Waals surface area (Å²) in [6.07, 6.45) is 0. The van der Waals surface area contributed by atoms with Crippen molar-refractivity contribution in [3.05, 3.63) is 74.5 Å². The topological polar surface area (TPSA) is 65.2 Å². The molecule has 1 heterocycles. The van der Waals surface area contributed by atoms with Crippen molar-refractivity contribution in [3.8, 4) is 0 Å². The lowest BCUT2D eigenvalue weighted by Crippen LogP contribution is -2.31. The van der Waals surface area contributed by atoms with E-state index in [2.05, 4.69) is 10.3 Å². The molecule has 2 N–H and O–H groups in total. The lowest BCUT2D eigenvalue weighted by atomic mass is 10.1. The van der Waals surface area contributed by atoms with Gasteiger partial charge in [-0.1, -0.05) is 41.4 Å². The number of nitrogens with one attached hydrogen (secondary N) is 2. The number of urea groups is 1. The molecule has 0 saturated heterocycles. The summed E-state index contributed by atoms with van der Waals surface area (Å²) >= 11 is 11.8. The maximum Gasteiger partial charge on any atom is 0.321 e. The van der Waals surface area contributed by atoms with Gasteiger partial charge >= 0.3 is 6.03 Å². The Balaban J connectivity index is 1.80. The highest BCUT2D eigenvalue weighted by Crippen LogP contribution is 2.25. The molecule has 0 saturated carbocycles. The molecule has 0 unspecified atom stereocenters. The Morgan fingerprint density at radius 2 is 1.88 bits per heavy atom. The number of aromatic nitrogens is 1. The van der Waals surface area contributed by atoms with E-state index in [4.69, 9.17) is 23.2 Å². The fourth-order valence-electron chi connectivity index (χ4n) is 2.53. The van der Waals surface area contributed by atoms with Crippen LogP contribution in [0.3, 0.4) is 0 Å². The van der Waals surface area contributed by atoms with Gasteiger partial charge in [-0.2, -0.15) is 0 Å². The minimum absolute atomic E-state index is 0.202. The van der Waals surface area contributed by atoms with Gasteiger partial charge in [-0.05, 0) is 29.8 Å². The molecule has 0 aliphatic carbocycles. The molecule has 3 aromatic rings. The Bertz CT molecular complexity index is 1000. The number of benzene rings is 2. The van der Waals surface area contributed by atoms with Gasteiger partial charge in [0.1, 0.15) is 0 Å². The molecule has 2 amide bonds. The number of para-hydroxylation sites is 1. The van der Waals surface area contributed by atoms with Gasteiger partial charge in [-0.3, -0.25) is 4.79 Å². The number of rotatable bonds is 3. The van der Waals surface area contributed by atoms with Crippen molar-refractivity contribution < 1.29 is 4.79 Å². The number of hydrogen-bond donors (Lipinski definition) is 2. The molecule has 128 valence electrons. The summed E-state index contributed by atoms with van der Waals surface area (Å²) in [6.45, 7) is 0.289. The van der Waals surface area contributed by atoms with Crippen LogP contribution in [0.5, 0.6) is 0 Å². The minimum atomic E-state index is -0.317. The Hall–Kier alpha value is -2.50. The third-order valence-corrected chi connectivity index (χ3v) is 4.50. The van der Waals surface area contributed by atoms with Crippen molar-refractivity contribution in [2.45, 2.75) is 6.54 Å². The normalized spacial score (nSPS) is 10.7. The van der Waals surface area contributed by atoms with E-state index in [1.165, 1.54) is 11.0 Å². The van der Waals surface area contributed by atoms with Crippen molar-refractivity contribution in [1.82, 2.24) is 9.88 Å². The molecule has 7 heteroatoms. The third-order valence-electron chi connectivity index (χ3n) is 3.76. The molecular weight excluding hydrogens is 361 g/mol. The molecule has 0 spiro atoms. The van der Waals surface area contributed by atoms with Crippen LogP contribution in [0.15, 0.2) is 53.3 Å². The second-order valence-corrected chi connectivity index (χ2v) is 6.43. The molecule has 0 aliphatic rings. The highest BCUT2D eigenvalue weighted by atomic mass is 35.5. The van der Waals surface area contributed by atoms with E-state index < -0.39 is 0 Å². The molecule has 0 atom stereocenters. The lowest BCUT2D eigenvalue weighted by Gasteiger charge is -2.19. The number of nitrogens with zero attached hydrogens (tertiary/aromatic N) is 1. The van der Waals surface area contributed by atoms with Gasteiger partial charge in [0.15, 0.2) is 0 Å². The van der Waals surface area contributed by atoms with Crippen LogP contribution in [-0.2, 0) is 6.54 Å². The number of fused-ring (bicyclic) bond motifs is 1. The van der Waals surface area contributed by atoms with E-state index in [1.807, 2.05) is 24.3 Å². The van der Waals surface area contributed by atoms with E-state index in [1.54, 1.807) is 25.2 Å². The Morgan fingerprint density at radius 1 is 1.12 bits per heavy atom. The van der Waals surface area contributed by atoms with E-state index in [0.29, 0.717) is 15.7 Å². The number of hydrogen-bond acceptors (Lipinski definition) is 2. The zero-order chi connectivity index (χ0) is 18.0. The van der Waals surface area contributed by atoms with Crippen LogP contribution < -0.4 is 10.9 Å². The summed E-state index contributed by atoms with van der Waals surface area (Å²) in [5, 5.41) is 4.43. The highest BCUT2D eigenvalue weighted by Gasteiger charge is 2.12. The zero-order valence-electron chi connectivity index (χ0n) is 13.3. The molecule has 2 aromatic carbocycles. The summed E-state index contributed by atoms with van der Waals surface area (Å²) < 4.78 is 0. The van der Waals surface area contributed by atoms with E-state index >= 15 is 0 Å². The quantitative estimate of drug-likeness (QED) is 0.707. The maximum atomic E-state index is 12.4. The largest absolute Gasteiger partial charge is 0.323 e. The smallest absolute Gasteiger partial charge is 0.321 e. The third kappa shape index (κ3) is 3.95. The second-order valence-electron chi connectivity index (χ2n) is 5.62. The van der Waals surface area contributed by atoms with E-state index in [-0.39, 0.29) is 18.1 Å². The van der Waals surface area contributed by atoms with Crippen LogP contribution in [0.1, 0.15) is 5.56 Å². The summed E-state index contributed by atoms with van der Waals surface area (Å²) in [4.78, 5) is 28.5. The van der Waals surface area contributed by atoms with Crippen LogP contribution >= 0.6 is 23.2 Å². The molecule has 0 bridgehead atoms. The number of carbonyl (C=O) groups excluding carboxylic acids is 1. The van der Waals surface area contributed by atoms with Crippen molar-refractivity contribution in [1.29, 1.82) is 0 Å². The number of halogens is 2. The van der Waals surface area contributed by atoms with Crippen molar-refractivity contribution in [3.63, 3.8) is 0 Å². The molecule has 25 heavy (non-hydrogen) atoms. The average Bonchev–Trinajstić information content (AvgIpc) is 2.58. The SMILES string of the molecule is CN(Cc1cc(=O)[nH]c2ccccc12)C(=O)Nc1ccc(Cl)c(Cl)c1. The van der Waals surface area contributed by atoms with Crippen molar-refractivity contribution in [2.75, 3.05) is 12.4 Å². The first-order chi connectivity index (χ1) is 11.9. The first-order valence-corrected chi connectivity index (χ1v) is 8.28. The summed E-state index contributed by atoms with van der Waals surface area (Å²) in [6, 6.07) is 13.5. The predicted octanol–water partition coefficient (Wildman–Crippen LogP) is 4.50. The van der Waals surface area contributed by atoms with Gasteiger partial charge in [0.05, 0.1) is 10.0 Å². The number of H-pyrrole nitrogens is 1. The molecule has 0 fully saturated rings. The molecule has 0 aliphatic heterocycles. The van der Waals surface area contributed by atoms with Gasteiger partial charge in [0.2, 0.25) is 5.56 Å². The second kappa shape index (κ2) is 7.17. The van der Waals surface area contributed by atoms with Gasteiger partial charge in [0.25, 0.3) is 0 Å². The Kier molecular flexibility index (Phi) is 4.97. The fourth-order valence-corrected chi connectivity index (χ4v) is 2.83. The number of anilines is 1. The predicted molar refractivity (Wildman–Crippen MR) is 102 cm³/mol. The van der Waals surface area contributed by atoms with Gasteiger partial charge < -0.3 is 15.2 Å². The minimum Gasteiger partial charge on any atom is -0.323 e. The molecule has 5 nitrogen and oxygen atoms in total. The van der Waals surface area contributed by atoms with Crippen molar-refractivity contribution in [2.24, 2.45) is 0 Å². The van der Waals surface area contributed by atoms with Crippen LogP contribution in [0.2, 0.25) is 10.0 Å². The summed E-state index contributed by atoms with van der Waals surface area (Å²) in [5.41, 5.74) is 1.85. The first kappa shape index (κ1) is 17.3. The van der Waals surface area contributed by atoms with Crippen LogP contribution in [0.4, 0.5) is 10.5 Å². The van der Waals surface area contributed by atoms with Gasteiger partial charge in [0, 0.05) is 36.2 Å². The molecular formula is C18H15Cl2N3O2. The number of aromatic amines is 1. The standard InChI is InChI=1S/C18H15Cl2N3O2/c1-23(18(25)21-12-6-7-14(19)15(20)9-12)10-11-8-17(24)22-16-5-3-2-4-13(11)16/h2-9H,10H2,1H3,(H,21,25)(H,22,24). The number of pyridine rings is 1. The zero-order valence-corrected chi connectivity index (χ0v) is 14.9. The summed E-state index contributed by atoms with van der Waals surface area (Å²) in [5.74, 6) is 0. The van der Waals surface area contributed by atoms with E-state index in [0.717, 1.165) is 16.5 Å². The average molecular weight is 376 g/mol. The number of carbonyl (C=O) groups is 1. The molecule has 1 aromatic heterocycles. The fraction of sp³-hybridized carbons (Fsp3) is 0.111. The Labute approximate surface area is 154 Å². The highest BCUT2D eigenvalue weighted by molar-refractivity contribution is 6.42. The van der Waals surface area contributed by atoms with Crippen molar-refractivity contribution >= 4 is 45.8 Å².